The van der Waals surface area contributed by atoms with Crippen molar-refractivity contribution in [1.29, 1.82) is 0 Å². The molecule has 0 radical (unpaired) electrons. The quantitative estimate of drug-likeness (QED) is 0.751. The lowest BCUT2D eigenvalue weighted by atomic mass is 10.1. The molecule has 0 unspecified atom stereocenters. The lowest BCUT2D eigenvalue weighted by Gasteiger charge is -2.34. The number of likely N-dealkylation sites (N-methyl/N-ethyl adjacent to an activating group) is 1. The fraction of sp³-hybridized carbons (Fsp3) is 0.556. The molecule has 2 fully saturated rings. The smallest absolute Gasteiger partial charge is 0.268 e. The summed E-state index contributed by atoms with van der Waals surface area (Å²) in [5, 5.41) is 7.87. The highest BCUT2D eigenvalue weighted by Crippen LogP contribution is 2.27. The van der Waals surface area contributed by atoms with Crippen molar-refractivity contribution in [2.45, 2.75) is 37.4 Å². The van der Waals surface area contributed by atoms with Crippen LogP contribution in [0.2, 0.25) is 0 Å². The Balaban J connectivity index is 1.45. The van der Waals surface area contributed by atoms with Gasteiger partial charge in [0.1, 0.15) is 5.69 Å². The van der Waals surface area contributed by atoms with Crippen molar-refractivity contribution in [3.63, 3.8) is 0 Å². The van der Waals surface area contributed by atoms with E-state index in [0.29, 0.717) is 24.7 Å². The van der Waals surface area contributed by atoms with Crippen molar-refractivity contribution in [2.75, 3.05) is 26.8 Å². The van der Waals surface area contributed by atoms with Crippen molar-refractivity contribution in [3.8, 4) is 0 Å². The third-order valence-corrected chi connectivity index (χ3v) is 6.23. The van der Waals surface area contributed by atoms with E-state index in [2.05, 4.69) is 20.5 Å². The second-order valence-corrected chi connectivity index (χ2v) is 7.91. The van der Waals surface area contributed by atoms with Crippen LogP contribution < -0.4 is 10.6 Å². The van der Waals surface area contributed by atoms with Crippen LogP contribution in [0.25, 0.3) is 10.2 Å². The Bertz CT molecular complexity index is 767. The molecule has 4 rings (SSSR count). The van der Waals surface area contributed by atoms with Gasteiger partial charge in [-0.2, -0.15) is 0 Å². The molecule has 0 bridgehead atoms. The zero-order valence-electron chi connectivity index (χ0n) is 14.8. The summed E-state index contributed by atoms with van der Waals surface area (Å²) in [6.45, 7) is 2.17. The first-order valence-corrected chi connectivity index (χ1v) is 9.96. The fourth-order valence-corrected chi connectivity index (χ4v) is 4.83. The monoisotopic (exact) mass is 376 g/mol. The van der Waals surface area contributed by atoms with E-state index in [-0.39, 0.29) is 23.9 Å². The zero-order valence-corrected chi connectivity index (χ0v) is 15.6. The first-order chi connectivity index (χ1) is 12.7. The third kappa shape index (κ3) is 3.36. The molecule has 4 heterocycles. The normalized spacial score (nSPS) is 24.8. The Morgan fingerprint density at radius 2 is 2.15 bits per heavy atom. The van der Waals surface area contributed by atoms with Crippen molar-refractivity contribution < 1.29 is 14.3 Å². The second kappa shape index (κ2) is 7.38. The van der Waals surface area contributed by atoms with E-state index < -0.39 is 0 Å². The van der Waals surface area contributed by atoms with E-state index in [4.69, 9.17) is 4.74 Å². The summed E-state index contributed by atoms with van der Waals surface area (Å²) in [7, 11) is 1.67. The van der Waals surface area contributed by atoms with Gasteiger partial charge in [-0.25, -0.2) is 0 Å². The van der Waals surface area contributed by atoms with Crippen molar-refractivity contribution in [3.05, 3.63) is 23.2 Å². The first kappa shape index (κ1) is 17.5. The van der Waals surface area contributed by atoms with Crippen molar-refractivity contribution in [2.24, 2.45) is 0 Å². The fourth-order valence-electron chi connectivity index (χ4n) is 4.04. The lowest BCUT2D eigenvalue weighted by molar-refractivity contribution is -0.126. The number of nitrogens with zero attached hydrogens (tertiary/aromatic N) is 1. The molecule has 0 spiro atoms. The molecule has 0 aliphatic carbocycles. The molecule has 3 N–H and O–H groups in total. The number of H-pyrrole nitrogens is 1. The number of hydrogen-bond acceptors (Lipinski definition) is 5. The highest BCUT2D eigenvalue weighted by molar-refractivity contribution is 7.17. The molecule has 2 aromatic rings. The second-order valence-electron chi connectivity index (χ2n) is 6.96. The van der Waals surface area contributed by atoms with Gasteiger partial charge in [0, 0.05) is 38.9 Å². The maximum atomic E-state index is 12.6. The minimum absolute atomic E-state index is 0.0219. The molecule has 2 aliphatic rings. The number of carbonyl (C=O) groups excluding carboxylic acids is 2. The van der Waals surface area contributed by atoms with Gasteiger partial charge in [0.05, 0.1) is 16.3 Å². The first-order valence-electron chi connectivity index (χ1n) is 9.08. The van der Waals surface area contributed by atoms with Gasteiger partial charge < -0.3 is 20.4 Å². The highest BCUT2D eigenvalue weighted by atomic mass is 32.1. The van der Waals surface area contributed by atoms with Gasteiger partial charge in [0.2, 0.25) is 5.91 Å². The SMILES string of the molecule is CNC(=O)[C@@H]1C[C@@H](NC(=O)c2cc3sccc3[nH]2)CN1C1CCOCC1. The van der Waals surface area contributed by atoms with Gasteiger partial charge in [-0.1, -0.05) is 0 Å². The van der Waals surface area contributed by atoms with Crippen molar-refractivity contribution >= 4 is 33.4 Å². The topological polar surface area (TPSA) is 86.5 Å². The summed E-state index contributed by atoms with van der Waals surface area (Å²) in [5.41, 5.74) is 1.56. The van der Waals surface area contributed by atoms with E-state index in [1.54, 1.807) is 18.4 Å². The van der Waals surface area contributed by atoms with E-state index in [0.717, 1.165) is 36.3 Å². The Morgan fingerprint density at radius 3 is 2.88 bits per heavy atom. The molecule has 2 aromatic heterocycles. The van der Waals surface area contributed by atoms with Gasteiger partial charge in [-0.15, -0.1) is 11.3 Å². The number of fused-ring (bicyclic) bond motifs is 1. The molecule has 2 saturated heterocycles. The molecule has 140 valence electrons. The average molecular weight is 376 g/mol. The van der Waals surface area contributed by atoms with Crippen LogP contribution in [0.3, 0.4) is 0 Å². The molecule has 2 atom stereocenters. The largest absolute Gasteiger partial charge is 0.381 e. The molecule has 2 amide bonds. The summed E-state index contributed by atoms with van der Waals surface area (Å²) in [4.78, 5) is 30.4. The van der Waals surface area contributed by atoms with Gasteiger partial charge >= 0.3 is 0 Å². The number of amides is 2. The molecular formula is C18H24N4O3S. The molecule has 0 aromatic carbocycles. The molecule has 8 heteroatoms. The molecule has 26 heavy (non-hydrogen) atoms. The molecular weight excluding hydrogens is 352 g/mol. The Hall–Kier alpha value is -1.90. The summed E-state index contributed by atoms with van der Waals surface area (Å²) >= 11 is 1.61. The van der Waals surface area contributed by atoms with Crippen LogP contribution in [-0.2, 0) is 9.53 Å². The summed E-state index contributed by atoms with van der Waals surface area (Å²) < 4.78 is 6.53. The number of aromatic nitrogens is 1. The van der Waals surface area contributed by atoms with Gasteiger partial charge in [0.15, 0.2) is 0 Å². The lowest BCUT2D eigenvalue weighted by Crippen LogP contribution is -2.48. The Kier molecular flexibility index (Phi) is 4.97. The van der Waals surface area contributed by atoms with E-state index in [1.807, 2.05) is 17.5 Å². The maximum Gasteiger partial charge on any atom is 0.268 e. The number of thiophene rings is 1. The van der Waals surface area contributed by atoms with Crippen LogP contribution in [0, 0.1) is 0 Å². The minimum Gasteiger partial charge on any atom is -0.381 e. The Labute approximate surface area is 156 Å². The predicted octanol–water partition coefficient (Wildman–Crippen LogP) is 1.33. The van der Waals surface area contributed by atoms with Gasteiger partial charge in [0.25, 0.3) is 5.91 Å². The maximum absolute atomic E-state index is 12.6. The standard InChI is InChI=1S/C18H24N4O3S/c1-19-18(24)15-8-11(10-22(15)12-2-5-25-6-3-12)20-17(23)14-9-16-13(21-14)4-7-26-16/h4,7,9,11-12,15,21H,2-3,5-6,8,10H2,1H3,(H,19,24)(H,20,23)/t11-,15+/m1/s1. The highest BCUT2D eigenvalue weighted by Gasteiger charge is 2.41. The summed E-state index contributed by atoms with van der Waals surface area (Å²) in [5.74, 6) is -0.0866. The minimum atomic E-state index is -0.194. The molecule has 7 nitrogen and oxygen atoms in total. The van der Waals surface area contributed by atoms with Crippen LogP contribution in [0.5, 0.6) is 0 Å². The van der Waals surface area contributed by atoms with Crippen LogP contribution in [0.1, 0.15) is 29.8 Å². The number of carbonyl (C=O) groups is 2. The van der Waals surface area contributed by atoms with E-state index >= 15 is 0 Å². The predicted molar refractivity (Wildman–Crippen MR) is 100 cm³/mol. The molecule has 2 aliphatic heterocycles. The third-order valence-electron chi connectivity index (χ3n) is 5.37. The summed E-state index contributed by atoms with van der Waals surface area (Å²) in [6, 6.07) is 3.97. The molecule has 0 saturated carbocycles. The van der Waals surface area contributed by atoms with Crippen LogP contribution in [0.4, 0.5) is 0 Å². The number of ether oxygens (including phenoxy) is 1. The van der Waals surface area contributed by atoms with Crippen LogP contribution >= 0.6 is 11.3 Å². The van der Waals surface area contributed by atoms with E-state index in [1.165, 1.54) is 0 Å². The number of hydrogen-bond donors (Lipinski definition) is 3. The van der Waals surface area contributed by atoms with Gasteiger partial charge in [-0.3, -0.25) is 14.5 Å². The van der Waals surface area contributed by atoms with Gasteiger partial charge in [-0.05, 0) is 36.8 Å². The summed E-state index contributed by atoms with van der Waals surface area (Å²) in [6.07, 6.45) is 2.50. The average Bonchev–Trinajstić information content (AvgIpc) is 3.36. The Morgan fingerprint density at radius 1 is 1.35 bits per heavy atom. The van der Waals surface area contributed by atoms with Crippen LogP contribution in [0.15, 0.2) is 17.5 Å². The number of aromatic amines is 1. The number of nitrogens with one attached hydrogen (secondary N) is 3. The van der Waals surface area contributed by atoms with Crippen molar-refractivity contribution in [1.82, 2.24) is 20.5 Å². The number of rotatable bonds is 4. The number of likely N-dealkylation sites (tertiary alicyclic amines) is 1. The van der Waals surface area contributed by atoms with Crippen LogP contribution in [-0.4, -0.2) is 66.6 Å². The van der Waals surface area contributed by atoms with E-state index in [9.17, 15) is 9.59 Å². The zero-order chi connectivity index (χ0) is 18.1.